The zero-order valence-electron chi connectivity index (χ0n) is 7.91. The van der Waals surface area contributed by atoms with Gasteiger partial charge in [0.05, 0.1) is 0 Å². The molecule has 0 aromatic rings. The van der Waals surface area contributed by atoms with E-state index in [4.69, 9.17) is 0 Å². The van der Waals surface area contributed by atoms with Crippen LogP contribution in [0.4, 0.5) is 0 Å². The molecule has 1 unspecified atom stereocenters. The van der Waals surface area contributed by atoms with E-state index in [0.717, 1.165) is 12.3 Å². The minimum Gasteiger partial charge on any atom is -0.0625 e. The Kier molecular flexibility index (Phi) is 4.00. The maximum Gasteiger partial charge on any atom is -0.0380 e. The summed E-state index contributed by atoms with van der Waals surface area (Å²) < 4.78 is 0. The van der Waals surface area contributed by atoms with Crippen molar-refractivity contribution in [3.05, 3.63) is 6.92 Å². The molecule has 0 heterocycles. The lowest BCUT2D eigenvalue weighted by molar-refractivity contribution is 0.298. The minimum absolute atomic E-state index is 0.495. The van der Waals surface area contributed by atoms with Gasteiger partial charge in [0, 0.05) is 0 Å². The third-order valence-electron chi connectivity index (χ3n) is 1.66. The van der Waals surface area contributed by atoms with Crippen LogP contribution < -0.4 is 0 Å². The first kappa shape index (κ1) is 10.0. The predicted molar refractivity (Wildman–Crippen MR) is 47.8 cm³/mol. The molecule has 0 rings (SSSR count). The van der Waals surface area contributed by atoms with Gasteiger partial charge in [-0.05, 0) is 17.8 Å². The van der Waals surface area contributed by atoms with E-state index in [1.54, 1.807) is 0 Å². The molecule has 0 saturated carbocycles. The van der Waals surface area contributed by atoms with Crippen LogP contribution in [0.5, 0.6) is 0 Å². The van der Waals surface area contributed by atoms with E-state index in [2.05, 4.69) is 34.6 Å². The fourth-order valence-electron chi connectivity index (χ4n) is 1.50. The lowest BCUT2D eigenvalue weighted by Crippen LogP contribution is -2.10. The summed E-state index contributed by atoms with van der Waals surface area (Å²) in [6.07, 6.45) is 3.68. The zero-order chi connectivity index (χ0) is 8.20. The lowest BCUT2D eigenvalue weighted by atomic mass is 9.84. The van der Waals surface area contributed by atoms with Crippen molar-refractivity contribution in [3.8, 4) is 0 Å². The Morgan fingerprint density at radius 1 is 1.30 bits per heavy atom. The van der Waals surface area contributed by atoms with Crippen LogP contribution in [-0.2, 0) is 0 Å². The third kappa shape index (κ3) is 6.12. The molecule has 0 aliphatic heterocycles. The van der Waals surface area contributed by atoms with Crippen LogP contribution in [0.1, 0.15) is 47.0 Å². The second-order valence-corrected chi connectivity index (χ2v) is 4.51. The van der Waals surface area contributed by atoms with Crippen molar-refractivity contribution in [2.75, 3.05) is 0 Å². The molecular formula is C10H21. The number of hydrogen-bond acceptors (Lipinski definition) is 0. The number of hydrogen-bond donors (Lipinski definition) is 0. The summed E-state index contributed by atoms with van der Waals surface area (Å²) in [6.45, 7) is 13.1. The first-order valence-electron chi connectivity index (χ1n) is 4.25. The van der Waals surface area contributed by atoms with E-state index in [0.29, 0.717) is 5.41 Å². The first-order chi connectivity index (χ1) is 4.45. The molecule has 0 amide bonds. The summed E-state index contributed by atoms with van der Waals surface area (Å²) in [5.74, 6) is 0.845. The van der Waals surface area contributed by atoms with Crippen molar-refractivity contribution in [2.24, 2.45) is 11.3 Å². The van der Waals surface area contributed by atoms with Crippen molar-refractivity contribution >= 4 is 0 Å². The van der Waals surface area contributed by atoms with Crippen molar-refractivity contribution in [1.29, 1.82) is 0 Å². The molecule has 0 saturated heterocycles. The summed E-state index contributed by atoms with van der Waals surface area (Å²) in [7, 11) is 0. The van der Waals surface area contributed by atoms with Gasteiger partial charge < -0.3 is 0 Å². The molecule has 0 spiro atoms. The monoisotopic (exact) mass is 141 g/mol. The highest BCUT2D eigenvalue weighted by Crippen LogP contribution is 2.26. The number of rotatable bonds is 3. The highest BCUT2D eigenvalue weighted by Gasteiger charge is 2.13. The largest absolute Gasteiger partial charge is 0.0625 e. The van der Waals surface area contributed by atoms with Gasteiger partial charge in [-0.15, -0.1) is 0 Å². The third-order valence-corrected chi connectivity index (χ3v) is 1.66. The maximum atomic E-state index is 3.86. The van der Waals surface area contributed by atoms with E-state index >= 15 is 0 Å². The molecule has 0 heteroatoms. The highest BCUT2D eigenvalue weighted by atomic mass is 14.2. The Labute approximate surface area is 66.0 Å². The normalized spacial score (nSPS) is 15.3. The van der Waals surface area contributed by atoms with Gasteiger partial charge in [-0.3, -0.25) is 0 Å². The minimum atomic E-state index is 0.495. The topological polar surface area (TPSA) is 0 Å². The van der Waals surface area contributed by atoms with Gasteiger partial charge in [0.1, 0.15) is 0 Å². The maximum absolute atomic E-state index is 3.86. The van der Waals surface area contributed by atoms with Crippen LogP contribution >= 0.6 is 0 Å². The van der Waals surface area contributed by atoms with Crippen LogP contribution in [-0.4, -0.2) is 0 Å². The van der Waals surface area contributed by atoms with Crippen LogP contribution in [0.15, 0.2) is 0 Å². The van der Waals surface area contributed by atoms with E-state index in [-0.39, 0.29) is 0 Å². The Morgan fingerprint density at radius 3 is 2.10 bits per heavy atom. The molecule has 0 aliphatic carbocycles. The second-order valence-electron chi connectivity index (χ2n) is 4.51. The summed E-state index contributed by atoms with van der Waals surface area (Å²) in [5, 5.41) is 0. The molecule has 1 atom stereocenters. The Bertz CT molecular complexity index is 76.5. The second kappa shape index (κ2) is 4.00. The molecule has 0 nitrogen and oxygen atoms in total. The van der Waals surface area contributed by atoms with Crippen LogP contribution in [0.3, 0.4) is 0 Å². The van der Waals surface area contributed by atoms with Crippen molar-refractivity contribution in [2.45, 2.75) is 47.0 Å². The fourth-order valence-corrected chi connectivity index (χ4v) is 1.50. The Balaban J connectivity index is 3.47. The van der Waals surface area contributed by atoms with Crippen molar-refractivity contribution < 1.29 is 0 Å². The fraction of sp³-hybridized carbons (Fsp3) is 0.900. The molecule has 1 radical (unpaired) electrons. The first-order valence-corrected chi connectivity index (χ1v) is 4.25. The average Bonchev–Trinajstić information content (AvgIpc) is 1.59. The molecule has 0 aromatic heterocycles. The summed E-state index contributed by atoms with van der Waals surface area (Å²) >= 11 is 0. The summed E-state index contributed by atoms with van der Waals surface area (Å²) in [4.78, 5) is 0. The quantitative estimate of drug-likeness (QED) is 0.562. The molecule has 0 aromatic carbocycles. The van der Waals surface area contributed by atoms with E-state index in [9.17, 15) is 0 Å². The van der Waals surface area contributed by atoms with Crippen molar-refractivity contribution in [1.82, 2.24) is 0 Å². The lowest BCUT2D eigenvalue weighted by Gasteiger charge is -2.22. The van der Waals surface area contributed by atoms with Crippen molar-refractivity contribution in [3.63, 3.8) is 0 Å². The van der Waals surface area contributed by atoms with Gasteiger partial charge in [0.15, 0.2) is 0 Å². The van der Waals surface area contributed by atoms with E-state index in [1.807, 2.05) is 0 Å². The van der Waals surface area contributed by atoms with Crippen LogP contribution in [0, 0.1) is 18.3 Å². The molecule has 0 aliphatic rings. The van der Waals surface area contributed by atoms with E-state index in [1.165, 1.54) is 12.8 Å². The predicted octanol–water partition coefficient (Wildman–Crippen LogP) is 3.67. The molecule has 10 heavy (non-hydrogen) atoms. The molecule has 0 bridgehead atoms. The van der Waals surface area contributed by atoms with Gasteiger partial charge in [0.2, 0.25) is 0 Å². The van der Waals surface area contributed by atoms with Gasteiger partial charge in [-0.2, -0.15) is 0 Å². The van der Waals surface area contributed by atoms with Gasteiger partial charge in [0.25, 0.3) is 0 Å². The Hall–Kier alpha value is 0. The van der Waals surface area contributed by atoms with Crippen LogP contribution in [0.25, 0.3) is 0 Å². The summed E-state index contributed by atoms with van der Waals surface area (Å²) in [5.41, 5.74) is 0.495. The molecule has 0 N–H and O–H groups in total. The van der Waals surface area contributed by atoms with Gasteiger partial charge in [-0.1, -0.05) is 47.5 Å². The molecule has 61 valence electrons. The Morgan fingerprint density at radius 2 is 1.80 bits per heavy atom. The standard InChI is InChI=1S/C10H21/c1-6-7-9(2)8-10(3,4)5/h9H,1,6-8H2,2-5H3. The average molecular weight is 141 g/mol. The summed E-state index contributed by atoms with van der Waals surface area (Å²) in [6, 6.07) is 0. The molecular weight excluding hydrogens is 120 g/mol. The van der Waals surface area contributed by atoms with E-state index < -0.39 is 0 Å². The van der Waals surface area contributed by atoms with Gasteiger partial charge in [-0.25, -0.2) is 0 Å². The SMILES string of the molecule is [CH2]CCC(C)CC(C)(C)C. The smallest absolute Gasteiger partial charge is 0.0380 e. The highest BCUT2D eigenvalue weighted by molar-refractivity contribution is 4.66. The zero-order valence-corrected chi connectivity index (χ0v) is 7.91. The van der Waals surface area contributed by atoms with Gasteiger partial charge >= 0.3 is 0 Å². The molecule has 0 fully saturated rings. The van der Waals surface area contributed by atoms with Crippen LogP contribution in [0.2, 0.25) is 0 Å².